The summed E-state index contributed by atoms with van der Waals surface area (Å²) in [5.41, 5.74) is 8.78. The molecule has 1 unspecified atom stereocenters. The highest BCUT2D eigenvalue weighted by atomic mass is 79.9. The van der Waals surface area contributed by atoms with Gasteiger partial charge in [-0.25, -0.2) is 0 Å². The maximum Gasteiger partial charge on any atom is 0.0718 e. The molecule has 0 aromatic carbocycles. The Balaban J connectivity index is 2.27. The number of pyridine rings is 2. The van der Waals surface area contributed by atoms with Crippen LogP contribution in [0.1, 0.15) is 24.2 Å². The minimum absolute atomic E-state index is 0.118. The summed E-state index contributed by atoms with van der Waals surface area (Å²) in [6.45, 7) is 2.95. The van der Waals surface area contributed by atoms with Crippen molar-refractivity contribution in [2.24, 2.45) is 0 Å². The zero-order valence-corrected chi connectivity index (χ0v) is 12.4. The molecule has 3 N–H and O–H groups in total. The molecule has 2 rings (SSSR count). The molecule has 0 aliphatic carbocycles. The normalized spacial score (nSPS) is 12.3. The van der Waals surface area contributed by atoms with Gasteiger partial charge in [-0.2, -0.15) is 0 Å². The lowest BCUT2D eigenvalue weighted by molar-refractivity contribution is 0.534. The standard InChI is InChI=1S/C14H17BrN4/c1-2-18-13(14-11(15)4-3-6-19-14)8-10-9-17-7-5-12(10)16/h3-7,9,13,18H,2,8H2,1H3,(H2,16,17). The second-order valence-corrected chi connectivity index (χ2v) is 5.11. The Morgan fingerprint density at radius 2 is 2.21 bits per heavy atom. The minimum Gasteiger partial charge on any atom is -0.398 e. The van der Waals surface area contributed by atoms with Crippen molar-refractivity contribution in [1.82, 2.24) is 15.3 Å². The number of halogens is 1. The van der Waals surface area contributed by atoms with Gasteiger partial charge in [0.2, 0.25) is 0 Å². The number of hydrogen-bond donors (Lipinski definition) is 2. The van der Waals surface area contributed by atoms with E-state index in [1.54, 1.807) is 12.4 Å². The first kappa shape index (κ1) is 14.0. The van der Waals surface area contributed by atoms with Crippen LogP contribution in [0.2, 0.25) is 0 Å². The Morgan fingerprint density at radius 3 is 2.89 bits per heavy atom. The van der Waals surface area contributed by atoms with E-state index in [1.807, 2.05) is 24.4 Å². The summed E-state index contributed by atoms with van der Waals surface area (Å²) < 4.78 is 1.00. The van der Waals surface area contributed by atoms with Gasteiger partial charge in [0.05, 0.1) is 11.7 Å². The zero-order chi connectivity index (χ0) is 13.7. The van der Waals surface area contributed by atoms with Gasteiger partial charge in [0, 0.05) is 28.8 Å². The number of hydrogen-bond acceptors (Lipinski definition) is 4. The van der Waals surface area contributed by atoms with E-state index in [9.17, 15) is 0 Å². The van der Waals surface area contributed by atoms with E-state index in [-0.39, 0.29) is 6.04 Å². The lowest BCUT2D eigenvalue weighted by Crippen LogP contribution is -2.24. The molecule has 0 saturated carbocycles. The molecule has 19 heavy (non-hydrogen) atoms. The Bertz CT molecular complexity index is 544. The third-order valence-corrected chi connectivity index (χ3v) is 3.60. The molecule has 0 fully saturated rings. The number of nitrogen functional groups attached to an aromatic ring is 1. The monoisotopic (exact) mass is 320 g/mol. The van der Waals surface area contributed by atoms with Gasteiger partial charge in [0.25, 0.3) is 0 Å². The van der Waals surface area contributed by atoms with Crippen molar-refractivity contribution in [2.45, 2.75) is 19.4 Å². The van der Waals surface area contributed by atoms with Crippen molar-refractivity contribution < 1.29 is 0 Å². The first-order chi connectivity index (χ1) is 9.22. The van der Waals surface area contributed by atoms with Crippen LogP contribution in [-0.4, -0.2) is 16.5 Å². The topological polar surface area (TPSA) is 63.8 Å². The Kier molecular flexibility index (Phi) is 4.87. The van der Waals surface area contributed by atoms with Crippen molar-refractivity contribution >= 4 is 21.6 Å². The third kappa shape index (κ3) is 3.52. The predicted octanol–water partition coefficient (Wildman–Crippen LogP) is 2.71. The smallest absolute Gasteiger partial charge is 0.0718 e. The summed E-state index contributed by atoms with van der Waals surface area (Å²) in [7, 11) is 0. The molecule has 4 nitrogen and oxygen atoms in total. The van der Waals surface area contributed by atoms with Gasteiger partial charge >= 0.3 is 0 Å². The fraction of sp³-hybridized carbons (Fsp3) is 0.286. The first-order valence-electron chi connectivity index (χ1n) is 6.24. The minimum atomic E-state index is 0.118. The van der Waals surface area contributed by atoms with Crippen LogP contribution in [0.5, 0.6) is 0 Å². The number of nitrogens with two attached hydrogens (primary N) is 1. The summed E-state index contributed by atoms with van der Waals surface area (Å²) in [5, 5.41) is 3.44. The molecule has 5 heteroatoms. The molecule has 0 amide bonds. The largest absolute Gasteiger partial charge is 0.398 e. The first-order valence-corrected chi connectivity index (χ1v) is 7.03. The summed E-state index contributed by atoms with van der Waals surface area (Å²) in [5.74, 6) is 0. The van der Waals surface area contributed by atoms with Crippen molar-refractivity contribution in [3.63, 3.8) is 0 Å². The molecule has 0 aliphatic rings. The number of likely N-dealkylation sites (N-methyl/N-ethyl adjacent to an activating group) is 1. The van der Waals surface area contributed by atoms with E-state index in [0.29, 0.717) is 0 Å². The van der Waals surface area contributed by atoms with Gasteiger partial charge in [0.15, 0.2) is 0 Å². The van der Waals surface area contributed by atoms with Crippen LogP contribution in [0.3, 0.4) is 0 Å². The predicted molar refractivity (Wildman–Crippen MR) is 80.7 cm³/mol. The second-order valence-electron chi connectivity index (χ2n) is 4.26. The Labute approximate surface area is 121 Å². The van der Waals surface area contributed by atoms with Gasteiger partial charge in [0.1, 0.15) is 0 Å². The lowest BCUT2D eigenvalue weighted by Gasteiger charge is -2.19. The number of nitrogens with zero attached hydrogens (tertiary/aromatic N) is 2. The fourth-order valence-electron chi connectivity index (χ4n) is 1.99. The summed E-state index contributed by atoms with van der Waals surface area (Å²) in [6, 6.07) is 5.85. The van der Waals surface area contributed by atoms with Crippen molar-refractivity contribution in [3.8, 4) is 0 Å². The number of rotatable bonds is 5. The van der Waals surface area contributed by atoms with Crippen LogP contribution in [0.15, 0.2) is 41.3 Å². The molecule has 2 aromatic rings. The summed E-state index contributed by atoms with van der Waals surface area (Å²) in [4.78, 5) is 8.59. The van der Waals surface area contributed by atoms with E-state index in [1.165, 1.54) is 0 Å². The number of nitrogens with one attached hydrogen (secondary N) is 1. The van der Waals surface area contributed by atoms with E-state index in [0.717, 1.165) is 34.4 Å². The van der Waals surface area contributed by atoms with E-state index >= 15 is 0 Å². The molecule has 1 atom stereocenters. The zero-order valence-electron chi connectivity index (χ0n) is 10.8. The molecule has 100 valence electrons. The molecule has 2 heterocycles. The van der Waals surface area contributed by atoms with Crippen LogP contribution < -0.4 is 11.1 Å². The van der Waals surface area contributed by atoms with Crippen LogP contribution >= 0.6 is 15.9 Å². The molecule has 0 spiro atoms. The number of aromatic nitrogens is 2. The molecular weight excluding hydrogens is 304 g/mol. The van der Waals surface area contributed by atoms with Crippen molar-refractivity contribution in [3.05, 3.63) is 52.5 Å². The van der Waals surface area contributed by atoms with Gasteiger partial charge < -0.3 is 11.1 Å². The molecule has 0 bridgehead atoms. The second kappa shape index (κ2) is 6.63. The van der Waals surface area contributed by atoms with Crippen molar-refractivity contribution in [1.29, 1.82) is 0 Å². The maximum absolute atomic E-state index is 5.98. The van der Waals surface area contributed by atoms with Crippen LogP contribution in [0, 0.1) is 0 Å². The molecule has 0 saturated heterocycles. The summed E-state index contributed by atoms with van der Waals surface area (Å²) >= 11 is 3.55. The SMILES string of the molecule is CCNC(Cc1cnccc1N)c1ncccc1Br. The highest BCUT2D eigenvalue weighted by Crippen LogP contribution is 2.25. The van der Waals surface area contributed by atoms with Crippen molar-refractivity contribution in [2.75, 3.05) is 12.3 Å². The molecule has 2 aromatic heterocycles. The molecule has 0 radical (unpaired) electrons. The fourth-order valence-corrected chi connectivity index (χ4v) is 2.53. The van der Waals surface area contributed by atoms with Gasteiger partial charge in [-0.1, -0.05) is 6.92 Å². The highest BCUT2D eigenvalue weighted by Gasteiger charge is 2.16. The Hall–Kier alpha value is -1.46. The number of anilines is 1. The van der Waals surface area contributed by atoms with E-state index in [4.69, 9.17) is 5.73 Å². The highest BCUT2D eigenvalue weighted by molar-refractivity contribution is 9.10. The van der Waals surface area contributed by atoms with E-state index < -0.39 is 0 Å². The molecular formula is C14H17BrN4. The van der Waals surface area contributed by atoms with E-state index in [2.05, 4.69) is 38.1 Å². The van der Waals surface area contributed by atoms with Gasteiger partial charge in [-0.05, 0) is 52.7 Å². The average Bonchev–Trinajstić information content (AvgIpc) is 2.41. The lowest BCUT2D eigenvalue weighted by atomic mass is 10.0. The maximum atomic E-state index is 5.98. The molecule has 0 aliphatic heterocycles. The van der Waals surface area contributed by atoms with Crippen LogP contribution in [0.25, 0.3) is 0 Å². The quantitative estimate of drug-likeness (QED) is 0.889. The van der Waals surface area contributed by atoms with Gasteiger partial charge in [-0.3, -0.25) is 9.97 Å². The average molecular weight is 321 g/mol. The van der Waals surface area contributed by atoms with Gasteiger partial charge in [-0.15, -0.1) is 0 Å². The summed E-state index contributed by atoms with van der Waals surface area (Å²) in [6.07, 6.45) is 6.09. The third-order valence-electron chi connectivity index (χ3n) is 2.93. The van der Waals surface area contributed by atoms with Crippen LogP contribution in [0.4, 0.5) is 5.69 Å². The Morgan fingerprint density at radius 1 is 1.37 bits per heavy atom. The van der Waals surface area contributed by atoms with Crippen LogP contribution in [-0.2, 0) is 6.42 Å².